The quantitative estimate of drug-likeness (QED) is 0.444. The zero-order valence-corrected chi connectivity index (χ0v) is 14.5. The van der Waals surface area contributed by atoms with Crippen LogP contribution in [0.2, 0.25) is 0 Å². The van der Waals surface area contributed by atoms with E-state index < -0.39 is 26.0 Å². The van der Waals surface area contributed by atoms with Crippen molar-refractivity contribution >= 4 is 21.5 Å². The summed E-state index contributed by atoms with van der Waals surface area (Å²) in [6.45, 7) is 3.41. The third-order valence-electron chi connectivity index (χ3n) is 3.57. The number of carbonyl (C=O) groups is 1. The first kappa shape index (κ1) is 18.6. The molecule has 8 heteroatoms. The number of ether oxygens (including phenoxy) is 1. The fourth-order valence-corrected chi connectivity index (χ4v) is 3.92. The van der Waals surface area contributed by atoms with Crippen LogP contribution in [0.15, 0.2) is 53.4 Å². The number of hydrogen-bond donors (Lipinski definition) is 0. The van der Waals surface area contributed by atoms with Gasteiger partial charge in [0.2, 0.25) is 0 Å². The largest absolute Gasteiger partial charge is 0.465 e. The van der Waals surface area contributed by atoms with Crippen molar-refractivity contribution in [2.45, 2.75) is 24.0 Å². The number of esters is 1. The minimum atomic E-state index is -4.07. The number of sulfone groups is 1. The van der Waals surface area contributed by atoms with Crippen LogP contribution in [-0.2, 0) is 19.4 Å². The summed E-state index contributed by atoms with van der Waals surface area (Å²) in [6.07, 6.45) is 0. The molecule has 0 fully saturated rings. The van der Waals surface area contributed by atoms with E-state index in [0.29, 0.717) is 0 Å². The summed E-state index contributed by atoms with van der Waals surface area (Å²) >= 11 is 0. The highest BCUT2D eigenvalue weighted by atomic mass is 32.2. The van der Waals surface area contributed by atoms with Crippen LogP contribution in [0.5, 0.6) is 0 Å². The van der Waals surface area contributed by atoms with Gasteiger partial charge in [-0.25, -0.2) is 8.42 Å². The SMILES string of the molecule is CCOC(=O)C(c1ccc([N+](=O)[O-])cc1)S(=O)(=O)c1ccc(C)cc1. The zero-order chi connectivity index (χ0) is 18.6. The number of nitro groups is 1. The number of non-ortho nitro benzene ring substituents is 1. The second-order valence-electron chi connectivity index (χ2n) is 5.34. The third-order valence-corrected chi connectivity index (χ3v) is 5.58. The lowest BCUT2D eigenvalue weighted by Gasteiger charge is -2.17. The molecule has 0 amide bonds. The molecule has 0 aromatic heterocycles. The lowest BCUT2D eigenvalue weighted by Crippen LogP contribution is -2.24. The summed E-state index contributed by atoms with van der Waals surface area (Å²) in [5.41, 5.74) is 0.797. The van der Waals surface area contributed by atoms with E-state index in [4.69, 9.17) is 4.74 Å². The van der Waals surface area contributed by atoms with Gasteiger partial charge in [0, 0.05) is 12.1 Å². The Kier molecular flexibility index (Phi) is 5.53. The third kappa shape index (κ3) is 4.03. The molecule has 0 N–H and O–H groups in total. The van der Waals surface area contributed by atoms with Crippen molar-refractivity contribution in [2.75, 3.05) is 6.61 Å². The minimum Gasteiger partial charge on any atom is -0.465 e. The molecule has 1 atom stereocenters. The van der Waals surface area contributed by atoms with Crippen molar-refractivity contribution < 1.29 is 22.9 Å². The molecule has 132 valence electrons. The minimum absolute atomic E-state index is 0.0190. The topological polar surface area (TPSA) is 104 Å². The molecule has 0 aliphatic carbocycles. The molecule has 25 heavy (non-hydrogen) atoms. The second kappa shape index (κ2) is 7.43. The van der Waals surface area contributed by atoms with Crippen LogP contribution < -0.4 is 0 Å². The average molecular weight is 363 g/mol. The van der Waals surface area contributed by atoms with Gasteiger partial charge in [0.25, 0.3) is 5.69 Å². The van der Waals surface area contributed by atoms with Crippen molar-refractivity contribution in [3.05, 3.63) is 69.8 Å². The molecule has 0 bridgehead atoms. The molecule has 0 heterocycles. The molecular formula is C17H17NO6S. The number of nitro benzene ring substituents is 1. The summed E-state index contributed by atoms with van der Waals surface area (Å²) in [6, 6.07) is 10.9. The van der Waals surface area contributed by atoms with Gasteiger partial charge in [-0.05, 0) is 31.5 Å². The van der Waals surface area contributed by atoms with Crippen LogP contribution in [0.4, 0.5) is 5.69 Å². The standard InChI is InChI=1S/C17H17NO6S/c1-3-24-17(19)16(13-6-8-14(9-7-13)18(20)21)25(22,23)15-10-4-12(2)5-11-15/h4-11,16H,3H2,1-2H3. The van der Waals surface area contributed by atoms with Crippen molar-refractivity contribution in [1.82, 2.24) is 0 Å². The summed E-state index contributed by atoms with van der Waals surface area (Å²) in [4.78, 5) is 22.5. The summed E-state index contributed by atoms with van der Waals surface area (Å²) in [5, 5.41) is 9.18. The van der Waals surface area contributed by atoms with Crippen molar-refractivity contribution in [3.8, 4) is 0 Å². The van der Waals surface area contributed by atoms with Crippen molar-refractivity contribution in [2.24, 2.45) is 0 Å². The van der Waals surface area contributed by atoms with E-state index in [2.05, 4.69) is 0 Å². The first-order valence-corrected chi connectivity index (χ1v) is 9.03. The summed E-state index contributed by atoms with van der Waals surface area (Å²) in [5.74, 6) is -0.920. The van der Waals surface area contributed by atoms with Gasteiger partial charge in [0.15, 0.2) is 15.1 Å². The van der Waals surface area contributed by atoms with E-state index in [1.165, 1.54) is 24.3 Å². The average Bonchev–Trinajstić information content (AvgIpc) is 2.56. The Balaban J connectivity index is 2.53. The van der Waals surface area contributed by atoms with Gasteiger partial charge in [-0.3, -0.25) is 14.9 Å². The maximum atomic E-state index is 12.9. The molecule has 2 aromatic rings. The molecule has 1 unspecified atom stereocenters. The molecule has 2 aromatic carbocycles. The van der Waals surface area contributed by atoms with Crippen molar-refractivity contribution in [3.63, 3.8) is 0 Å². The zero-order valence-electron chi connectivity index (χ0n) is 13.7. The predicted octanol–water partition coefficient (Wildman–Crippen LogP) is 2.98. The van der Waals surface area contributed by atoms with E-state index in [9.17, 15) is 23.3 Å². The molecule has 7 nitrogen and oxygen atoms in total. The molecule has 2 rings (SSSR count). The Morgan fingerprint density at radius 1 is 1.12 bits per heavy atom. The number of carbonyl (C=O) groups excluding carboxylic acids is 1. The fourth-order valence-electron chi connectivity index (χ4n) is 2.29. The monoisotopic (exact) mass is 363 g/mol. The van der Waals surface area contributed by atoms with Gasteiger partial charge in [0.1, 0.15) is 0 Å². The Labute approximate surface area is 145 Å². The van der Waals surface area contributed by atoms with Crippen LogP contribution >= 0.6 is 0 Å². The molecular weight excluding hydrogens is 346 g/mol. The highest BCUT2D eigenvalue weighted by molar-refractivity contribution is 7.92. The molecule has 0 spiro atoms. The number of nitrogens with zero attached hydrogens (tertiary/aromatic N) is 1. The first-order chi connectivity index (χ1) is 11.8. The van der Waals surface area contributed by atoms with Crippen LogP contribution in [0.25, 0.3) is 0 Å². The maximum Gasteiger partial charge on any atom is 0.329 e. The molecule has 0 saturated heterocycles. The number of aryl methyl sites for hydroxylation is 1. The smallest absolute Gasteiger partial charge is 0.329 e. The van der Waals surface area contributed by atoms with Crippen LogP contribution in [0.1, 0.15) is 23.3 Å². The summed E-state index contributed by atoms with van der Waals surface area (Å²) in [7, 11) is -4.07. The number of benzene rings is 2. The molecule has 0 radical (unpaired) electrons. The number of hydrogen-bond acceptors (Lipinski definition) is 6. The van der Waals surface area contributed by atoms with E-state index >= 15 is 0 Å². The Bertz CT molecular complexity index is 872. The Morgan fingerprint density at radius 3 is 2.16 bits per heavy atom. The van der Waals surface area contributed by atoms with E-state index in [0.717, 1.165) is 17.7 Å². The lowest BCUT2D eigenvalue weighted by molar-refractivity contribution is -0.384. The number of rotatable bonds is 6. The van der Waals surface area contributed by atoms with Crippen molar-refractivity contribution in [1.29, 1.82) is 0 Å². The predicted molar refractivity (Wildman–Crippen MR) is 90.8 cm³/mol. The maximum absolute atomic E-state index is 12.9. The fraction of sp³-hybridized carbons (Fsp3) is 0.235. The lowest BCUT2D eigenvalue weighted by atomic mass is 10.1. The van der Waals surface area contributed by atoms with E-state index in [-0.39, 0.29) is 22.8 Å². The van der Waals surface area contributed by atoms with Gasteiger partial charge < -0.3 is 4.74 Å². The van der Waals surface area contributed by atoms with E-state index in [1.54, 1.807) is 19.1 Å². The van der Waals surface area contributed by atoms with Crippen LogP contribution in [-0.4, -0.2) is 25.9 Å². The van der Waals surface area contributed by atoms with Crippen LogP contribution in [0.3, 0.4) is 0 Å². The summed E-state index contributed by atoms with van der Waals surface area (Å²) < 4.78 is 30.8. The highest BCUT2D eigenvalue weighted by Crippen LogP contribution is 2.31. The van der Waals surface area contributed by atoms with Gasteiger partial charge in [-0.15, -0.1) is 0 Å². The second-order valence-corrected chi connectivity index (χ2v) is 7.37. The first-order valence-electron chi connectivity index (χ1n) is 7.49. The molecule has 0 aliphatic heterocycles. The van der Waals surface area contributed by atoms with Gasteiger partial charge in [-0.2, -0.15) is 0 Å². The molecule has 0 saturated carbocycles. The molecule has 0 aliphatic rings. The van der Waals surface area contributed by atoms with Gasteiger partial charge in [-0.1, -0.05) is 29.8 Å². The van der Waals surface area contributed by atoms with Crippen LogP contribution in [0, 0.1) is 17.0 Å². The highest BCUT2D eigenvalue weighted by Gasteiger charge is 2.37. The Morgan fingerprint density at radius 2 is 1.68 bits per heavy atom. The van der Waals surface area contributed by atoms with Gasteiger partial charge in [0.05, 0.1) is 16.4 Å². The van der Waals surface area contributed by atoms with Gasteiger partial charge >= 0.3 is 5.97 Å². The van der Waals surface area contributed by atoms with E-state index in [1.807, 2.05) is 6.92 Å². The Hall–Kier alpha value is -2.74. The normalized spacial score (nSPS) is 12.4.